The topological polar surface area (TPSA) is 0 Å². The second-order valence-electron chi connectivity index (χ2n) is 1.62. The van der Waals surface area contributed by atoms with Crippen LogP contribution < -0.4 is 0 Å². The SMILES string of the molecule is C[Si](C)([Si])[Si]. The molecule has 0 N–H and O–H groups in total. The summed E-state index contributed by atoms with van der Waals surface area (Å²) in [5.41, 5.74) is 0. The number of rotatable bonds is 0. The predicted molar refractivity (Wildman–Crippen MR) is 29.0 cm³/mol. The van der Waals surface area contributed by atoms with Crippen LogP contribution in [0.5, 0.6) is 0 Å². The van der Waals surface area contributed by atoms with E-state index in [4.69, 9.17) is 0 Å². The molecule has 0 aromatic rings. The molecule has 6 radical (unpaired) electrons. The van der Waals surface area contributed by atoms with Crippen molar-refractivity contribution in [3.05, 3.63) is 0 Å². The largest absolute Gasteiger partial charge is 0.0744 e. The molecule has 0 unspecified atom stereocenters. The van der Waals surface area contributed by atoms with Gasteiger partial charge in [0.1, 0.15) is 0 Å². The molecule has 0 nitrogen and oxygen atoms in total. The van der Waals surface area contributed by atoms with E-state index in [0.29, 0.717) is 0 Å². The molecule has 0 aromatic carbocycles. The van der Waals surface area contributed by atoms with Gasteiger partial charge in [0.25, 0.3) is 0 Å². The summed E-state index contributed by atoms with van der Waals surface area (Å²) in [4.78, 5) is 0. The van der Waals surface area contributed by atoms with Gasteiger partial charge < -0.3 is 0 Å². The minimum Gasteiger partial charge on any atom is -0.0744 e. The van der Waals surface area contributed by atoms with Crippen LogP contribution in [-0.2, 0) is 0 Å². The van der Waals surface area contributed by atoms with Crippen molar-refractivity contribution in [1.29, 1.82) is 0 Å². The Kier molecular flexibility index (Phi) is 1.58. The Bertz CT molecular complexity index is 20.4. The monoisotopic (exact) mass is 114 g/mol. The summed E-state index contributed by atoms with van der Waals surface area (Å²) in [5.74, 6) is 0. The summed E-state index contributed by atoms with van der Waals surface area (Å²) in [6, 6.07) is 0. The van der Waals surface area contributed by atoms with Crippen LogP contribution in [0.1, 0.15) is 0 Å². The molecule has 0 aromatic heterocycles. The molecule has 0 aliphatic heterocycles. The number of hydrogen-bond acceptors (Lipinski definition) is 0. The molecule has 0 aliphatic rings. The first-order valence-corrected chi connectivity index (χ1v) is 7.50. The van der Waals surface area contributed by atoms with Crippen LogP contribution in [0.4, 0.5) is 0 Å². The lowest BCUT2D eigenvalue weighted by Crippen LogP contribution is -2.26. The lowest BCUT2D eigenvalue weighted by Gasteiger charge is -2.01. The van der Waals surface area contributed by atoms with E-state index >= 15 is 0 Å². The van der Waals surface area contributed by atoms with Gasteiger partial charge in [-0.25, -0.2) is 0 Å². The molecule has 3 heteroatoms. The zero-order valence-electron chi connectivity index (χ0n) is 3.50. The minimum absolute atomic E-state index is 1.00. The van der Waals surface area contributed by atoms with Crippen molar-refractivity contribution in [2.75, 3.05) is 0 Å². The van der Waals surface area contributed by atoms with Crippen molar-refractivity contribution in [3.8, 4) is 0 Å². The van der Waals surface area contributed by atoms with Crippen molar-refractivity contribution in [2.24, 2.45) is 0 Å². The van der Waals surface area contributed by atoms with Gasteiger partial charge in [-0.1, -0.05) is 13.1 Å². The normalized spacial score (nSPS) is 12.0. The van der Waals surface area contributed by atoms with Crippen LogP contribution in [0.2, 0.25) is 13.1 Å². The van der Waals surface area contributed by atoms with Gasteiger partial charge in [0.05, 0.1) is 0 Å². The third-order valence-corrected chi connectivity index (χ3v) is 0. The first-order chi connectivity index (χ1) is 2.00. The van der Waals surface area contributed by atoms with Gasteiger partial charge >= 0.3 is 0 Å². The Hall–Kier alpha value is 0.651. The van der Waals surface area contributed by atoms with E-state index in [2.05, 4.69) is 32.6 Å². The van der Waals surface area contributed by atoms with Crippen LogP contribution in [0.25, 0.3) is 0 Å². The zero-order valence-corrected chi connectivity index (χ0v) is 6.50. The number of hydrogen-bond donors (Lipinski definition) is 0. The molecule has 26 valence electrons. The first-order valence-electron chi connectivity index (χ1n) is 1.50. The molecule has 0 saturated heterocycles. The van der Waals surface area contributed by atoms with E-state index in [9.17, 15) is 0 Å². The summed E-state index contributed by atoms with van der Waals surface area (Å²) >= 11 is 0. The van der Waals surface area contributed by atoms with Gasteiger partial charge in [-0.2, -0.15) is 0 Å². The van der Waals surface area contributed by atoms with Crippen molar-refractivity contribution < 1.29 is 0 Å². The summed E-state index contributed by atoms with van der Waals surface area (Å²) in [7, 11) is 5.94. The summed E-state index contributed by atoms with van der Waals surface area (Å²) in [5, 5.41) is 0. The Balaban J connectivity index is 3.02. The fourth-order valence-corrected chi connectivity index (χ4v) is 0. The Labute approximate surface area is 40.4 Å². The summed E-state index contributed by atoms with van der Waals surface area (Å²) in [6.45, 7) is 4.31. The molecule has 0 heterocycles. The summed E-state index contributed by atoms with van der Waals surface area (Å²) < 4.78 is 0. The van der Waals surface area contributed by atoms with Gasteiger partial charge in [0.2, 0.25) is 0 Å². The van der Waals surface area contributed by atoms with Crippen LogP contribution >= 0.6 is 0 Å². The third-order valence-electron chi connectivity index (χ3n) is 0. The smallest absolute Gasteiger partial charge is 0.0181 e. The van der Waals surface area contributed by atoms with Crippen molar-refractivity contribution >= 4 is 26.6 Å². The highest BCUT2D eigenvalue weighted by Crippen LogP contribution is 1.80. The highest BCUT2D eigenvalue weighted by molar-refractivity contribution is 7.40. The molecule has 0 amide bonds. The highest BCUT2D eigenvalue weighted by atomic mass is 29.6. The van der Waals surface area contributed by atoms with E-state index in [1.54, 1.807) is 0 Å². The van der Waals surface area contributed by atoms with E-state index < -0.39 is 7.11 Å². The fraction of sp³-hybridized carbons (Fsp3) is 1.00. The minimum atomic E-state index is -1.00. The highest BCUT2D eigenvalue weighted by Gasteiger charge is 1.99. The van der Waals surface area contributed by atoms with Crippen LogP contribution in [0, 0.1) is 0 Å². The van der Waals surface area contributed by atoms with Crippen molar-refractivity contribution in [2.45, 2.75) is 13.1 Å². The Morgan fingerprint density at radius 2 is 1.20 bits per heavy atom. The summed E-state index contributed by atoms with van der Waals surface area (Å²) in [6.07, 6.45) is 0. The predicted octanol–water partition coefficient (Wildman–Crippen LogP) is 0.0252. The van der Waals surface area contributed by atoms with Crippen LogP contribution in [0.15, 0.2) is 0 Å². The molecule has 0 saturated carbocycles. The average Bonchev–Trinajstić information content (AvgIpc) is 0.722. The molecular formula is C2H6Si3. The standard InChI is InChI=1S/C2H6Si3/c1-5(2,3)4/h1-2H3. The van der Waals surface area contributed by atoms with Gasteiger partial charge in [-0.15, -0.1) is 0 Å². The van der Waals surface area contributed by atoms with Crippen LogP contribution in [0.3, 0.4) is 0 Å². The van der Waals surface area contributed by atoms with E-state index in [1.807, 2.05) is 0 Å². The van der Waals surface area contributed by atoms with E-state index in [-0.39, 0.29) is 0 Å². The van der Waals surface area contributed by atoms with E-state index in [0.717, 1.165) is 0 Å². The second-order valence-corrected chi connectivity index (χ2v) is 13.9. The van der Waals surface area contributed by atoms with Gasteiger partial charge in [0.15, 0.2) is 0 Å². The maximum absolute atomic E-state index is 3.47. The Morgan fingerprint density at radius 3 is 1.20 bits per heavy atom. The maximum Gasteiger partial charge on any atom is 0.0181 e. The zero-order chi connectivity index (χ0) is 4.50. The van der Waals surface area contributed by atoms with Gasteiger partial charge in [-0.3, -0.25) is 0 Å². The second kappa shape index (κ2) is 1.40. The van der Waals surface area contributed by atoms with Gasteiger partial charge in [-0.05, 0) is 0 Å². The molecule has 0 spiro atoms. The van der Waals surface area contributed by atoms with Crippen LogP contribution in [-0.4, -0.2) is 26.6 Å². The average molecular weight is 114 g/mol. The molecular weight excluding hydrogens is 108 g/mol. The maximum atomic E-state index is 3.47. The molecule has 0 fully saturated rings. The molecule has 0 aliphatic carbocycles. The Morgan fingerprint density at radius 1 is 1.20 bits per heavy atom. The lowest BCUT2D eigenvalue weighted by molar-refractivity contribution is 2.06. The molecule has 5 heavy (non-hydrogen) atoms. The van der Waals surface area contributed by atoms with Gasteiger partial charge in [0, 0.05) is 26.6 Å². The molecule has 0 bridgehead atoms. The van der Waals surface area contributed by atoms with Crippen molar-refractivity contribution in [1.82, 2.24) is 0 Å². The van der Waals surface area contributed by atoms with Crippen molar-refractivity contribution in [3.63, 3.8) is 0 Å². The molecule has 0 rings (SSSR count). The first kappa shape index (κ1) is 5.65. The van der Waals surface area contributed by atoms with E-state index in [1.165, 1.54) is 0 Å². The fourth-order valence-electron chi connectivity index (χ4n) is 0. The lowest BCUT2D eigenvalue weighted by atomic mass is 11.9. The third kappa shape index (κ3) is 77.2. The quantitative estimate of drug-likeness (QED) is 0.390. The molecule has 0 atom stereocenters.